The topological polar surface area (TPSA) is 52.6 Å². The monoisotopic (exact) mass is 262 g/mol. The molecule has 2 aliphatic carbocycles. The summed E-state index contributed by atoms with van der Waals surface area (Å²) < 4.78 is 9.32. The second-order valence-corrected chi connectivity index (χ2v) is 4.94. The van der Waals surface area contributed by atoms with Gasteiger partial charge in [0.25, 0.3) is 6.47 Å². The molecule has 0 heterocycles. The molecule has 2 saturated carbocycles. The summed E-state index contributed by atoms with van der Waals surface area (Å²) in [7, 11) is 1.37. The van der Waals surface area contributed by atoms with Crippen LogP contribution in [0.25, 0.3) is 0 Å². The highest BCUT2D eigenvalue weighted by molar-refractivity contribution is 5.89. The van der Waals surface area contributed by atoms with E-state index < -0.39 is 0 Å². The van der Waals surface area contributed by atoms with Crippen molar-refractivity contribution in [3.8, 4) is 0 Å². The fourth-order valence-electron chi connectivity index (χ4n) is 2.54. The van der Waals surface area contributed by atoms with E-state index in [0.29, 0.717) is 12.0 Å². The molecule has 4 nitrogen and oxygen atoms in total. The molecule has 2 atom stereocenters. The number of rotatable bonds is 3. The van der Waals surface area contributed by atoms with Gasteiger partial charge in [0.05, 0.1) is 12.7 Å². The molecular formula is C15H18O4. The van der Waals surface area contributed by atoms with E-state index in [4.69, 9.17) is 4.74 Å². The molecule has 0 saturated heterocycles. The number of fused-ring (bicyclic) bond motifs is 1. The second kappa shape index (κ2) is 6.36. The van der Waals surface area contributed by atoms with Gasteiger partial charge in [-0.05, 0) is 43.2 Å². The number of hydrogen-bond acceptors (Lipinski definition) is 4. The minimum Gasteiger partial charge on any atom is -0.465 e. The van der Waals surface area contributed by atoms with Crippen molar-refractivity contribution >= 4 is 12.4 Å². The van der Waals surface area contributed by atoms with E-state index in [2.05, 4.69) is 4.74 Å². The molecule has 0 spiro atoms. The van der Waals surface area contributed by atoms with Gasteiger partial charge in [-0.3, -0.25) is 4.79 Å². The average molecular weight is 262 g/mol. The first-order valence-corrected chi connectivity index (χ1v) is 6.47. The molecule has 2 unspecified atom stereocenters. The lowest BCUT2D eigenvalue weighted by Crippen LogP contribution is -2.08. The van der Waals surface area contributed by atoms with Crippen LogP contribution >= 0.6 is 0 Å². The van der Waals surface area contributed by atoms with E-state index in [9.17, 15) is 9.59 Å². The molecule has 0 aliphatic heterocycles. The maximum Gasteiger partial charge on any atom is 0.337 e. The average Bonchev–Trinajstić information content (AvgIpc) is 3.07. The highest BCUT2D eigenvalue weighted by atomic mass is 16.5. The molecule has 0 aromatic heterocycles. The summed E-state index contributed by atoms with van der Waals surface area (Å²) in [6.07, 6.45) is 3.91. The Hall–Kier alpha value is -1.84. The summed E-state index contributed by atoms with van der Waals surface area (Å²) in [5.41, 5.74) is 0.588. The quantitative estimate of drug-likeness (QED) is 0.620. The fourth-order valence-corrected chi connectivity index (χ4v) is 2.54. The Kier molecular flexibility index (Phi) is 4.55. The molecule has 4 heteroatoms. The normalized spacial score (nSPS) is 26.5. The standard InChI is InChI=1S/C8H8O2.C7H10O2/c1-10-8(9)7-5-3-2-4-6-7;8-4-9-7-2-5-1-6(5)3-7/h2-6H,1H3;4-7H,1-3H2. The van der Waals surface area contributed by atoms with E-state index in [0.717, 1.165) is 24.7 Å². The number of carbonyl (C=O) groups is 2. The van der Waals surface area contributed by atoms with Gasteiger partial charge in [0.15, 0.2) is 0 Å². The smallest absolute Gasteiger partial charge is 0.337 e. The van der Waals surface area contributed by atoms with Gasteiger partial charge >= 0.3 is 5.97 Å². The third-order valence-corrected chi connectivity index (χ3v) is 3.64. The van der Waals surface area contributed by atoms with Gasteiger partial charge in [-0.15, -0.1) is 0 Å². The first kappa shape index (κ1) is 13.6. The van der Waals surface area contributed by atoms with Crippen molar-refractivity contribution in [1.82, 2.24) is 0 Å². The summed E-state index contributed by atoms with van der Waals surface area (Å²) in [5, 5.41) is 0. The number of methoxy groups -OCH3 is 1. The number of benzene rings is 1. The van der Waals surface area contributed by atoms with Crippen molar-refractivity contribution in [3.05, 3.63) is 35.9 Å². The van der Waals surface area contributed by atoms with Crippen molar-refractivity contribution in [1.29, 1.82) is 0 Å². The molecule has 1 aromatic rings. The first-order valence-electron chi connectivity index (χ1n) is 6.47. The van der Waals surface area contributed by atoms with Gasteiger partial charge in [0.1, 0.15) is 6.10 Å². The molecule has 3 rings (SSSR count). The second-order valence-electron chi connectivity index (χ2n) is 4.94. The highest BCUT2D eigenvalue weighted by Gasteiger charge is 2.46. The molecule has 0 amide bonds. The van der Waals surface area contributed by atoms with Crippen LogP contribution in [0.3, 0.4) is 0 Å². The predicted molar refractivity (Wildman–Crippen MR) is 69.5 cm³/mol. The number of carbonyl (C=O) groups excluding carboxylic acids is 2. The van der Waals surface area contributed by atoms with Crippen molar-refractivity contribution in [3.63, 3.8) is 0 Å². The largest absolute Gasteiger partial charge is 0.465 e. The zero-order chi connectivity index (χ0) is 13.7. The molecule has 0 N–H and O–H groups in total. The summed E-state index contributed by atoms with van der Waals surface area (Å²) in [5.74, 6) is 1.53. The lowest BCUT2D eigenvalue weighted by Gasteiger charge is -2.07. The third kappa shape index (κ3) is 3.81. The summed E-state index contributed by atoms with van der Waals surface area (Å²) in [4.78, 5) is 20.7. The molecule has 19 heavy (non-hydrogen) atoms. The van der Waals surface area contributed by atoms with E-state index in [1.807, 2.05) is 6.07 Å². The molecule has 102 valence electrons. The Morgan fingerprint density at radius 1 is 1.16 bits per heavy atom. The summed E-state index contributed by atoms with van der Waals surface area (Å²) in [6.45, 7) is 0.579. The molecule has 1 aromatic carbocycles. The lowest BCUT2D eigenvalue weighted by atomic mass is 10.2. The zero-order valence-electron chi connectivity index (χ0n) is 11.0. The molecule has 2 aliphatic rings. The van der Waals surface area contributed by atoms with E-state index in [1.165, 1.54) is 13.5 Å². The highest BCUT2D eigenvalue weighted by Crippen LogP contribution is 2.52. The summed E-state index contributed by atoms with van der Waals surface area (Å²) in [6, 6.07) is 8.88. The van der Waals surface area contributed by atoms with E-state index in [1.54, 1.807) is 24.3 Å². The van der Waals surface area contributed by atoms with Crippen LogP contribution in [0.4, 0.5) is 0 Å². The Morgan fingerprint density at radius 2 is 1.79 bits per heavy atom. The molecular weight excluding hydrogens is 244 g/mol. The van der Waals surface area contributed by atoms with Crippen molar-refractivity contribution in [2.75, 3.05) is 7.11 Å². The maximum absolute atomic E-state index is 10.8. The summed E-state index contributed by atoms with van der Waals surface area (Å²) >= 11 is 0. The Labute approximate surface area is 112 Å². The molecule has 0 radical (unpaired) electrons. The van der Waals surface area contributed by atoms with Crippen LogP contribution in [0.15, 0.2) is 30.3 Å². The maximum atomic E-state index is 10.8. The van der Waals surface area contributed by atoms with Gasteiger partial charge in [-0.25, -0.2) is 4.79 Å². The predicted octanol–water partition coefficient (Wildman–Crippen LogP) is 2.43. The lowest BCUT2D eigenvalue weighted by molar-refractivity contribution is -0.133. The Bertz CT molecular complexity index is 419. The van der Waals surface area contributed by atoms with Gasteiger partial charge in [-0.1, -0.05) is 18.2 Å². The number of esters is 1. The first-order chi connectivity index (χ1) is 9.24. The third-order valence-electron chi connectivity index (χ3n) is 3.64. The van der Waals surface area contributed by atoms with Gasteiger partial charge in [0.2, 0.25) is 0 Å². The Balaban J connectivity index is 0.000000141. The van der Waals surface area contributed by atoms with E-state index >= 15 is 0 Å². The number of ether oxygens (including phenoxy) is 2. The van der Waals surface area contributed by atoms with Gasteiger partial charge < -0.3 is 9.47 Å². The molecule has 2 fully saturated rings. The SMILES string of the molecule is COC(=O)c1ccccc1.O=COC1CC2CC2C1. The van der Waals surface area contributed by atoms with Crippen LogP contribution in [0.1, 0.15) is 29.6 Å². The number of hydrogen-bond donors (Lipinski definition) is 0. The van der Waals surface area contributed by atoms with Gasteiger partial charge in [-0.2, -0.15) is 0 Å². The molecule has 0 bridgehead atoms. The van der Waals surface area contributed by atoms with Crippen LogP contribution in [0.2, 0.25) is 0 Å². The fraction of sp³-hybridized carbons (Fsp3) is 0.467. The van der Waals surface area contributed by atoms with Crippen LogP contribution in [0, 0.1) is 11.8 Å². The minimum atomic E-state index is -0.291. The van der Waals surface area contributed by atoms with Crippen LogP contribution in [-0.2, 0) is 14.3 Å². The van der Waals surface area contributed by atoms with Crippen molar-refractivity contribution in [2.45, 2.75) is 25.4 Å². The zero-order valence-corrected chi connectivity index (χ0v) is 11.0. The van der Waals surface area contributed by atoms with Crippen LogP contribution < -0.4 is 0 Å². The minimum absolute atomic E-state index is 0.270. The van der Waals surface area contributed by atoms with Crippen LogP contribution in [0.5, 0.6) is 0 Å². The van der Waals surface area contributed by atoms with Gasteiger partial charge in [0, 0.05) is 0 Å². The van der Waals surface area contributed by atoms with E-state index in [-0.39, 0.29) is 12.1 Å². The Morgan fingerprint density at radius 3 is 2.32 bits per heavy atom. The van der Waals surface area contributed by atoms with Crippen molar-refractivity contribution < 1.29 is 19.1 Å². The van der Waals surface area contributed by atoms with Crippen molar-refractivity contribution in [2.24, 2.45) is 11.8 Å². The van der Waals surface area contributed by atoms with Crippen LogP contribution in [-0.4, -0.2) is 25.7 Å².